The minimum atomic E-state index is -1.08. The summed E-state index contributed by atoms with van der Waals surface area (Å²) in [6, 6.07) is 1.05. The first-order chi connectivity index (χ1) is 5.40. The monoisotopic (exact) mass is 188 g/mol. The molecular formula is C9H20O2Si. The molecular weight excluding hydrogens is 168 g/mol. The van der Waals surface area contributed by atoms with Crippen LogP contribution in [0.1, 0.15) is 0 Å². The van der Waals surface area contributed by atoms with E-state index in [1.807, 2.05) is 0 Å². The third kappa shape index (κ3) is 4.69. The zero-order valence-electron chi connectivity index (χ0n) is 8.81. The second kappa shape index (κ2) is 4.79. The first kappa shape index (κ1) is 11.9. The highest BCUT2D eigenvalue weighted by atomic mass is 28.3. The highest BCUT2D eigenvalue weighted by Gasteiger charge is 2.19. The van der Waals surface area contributed by atoms with Crippen LogP contribution in [0.5, 0.6) is 0 Å². The summed E-state index contributed by atoms with van der Waals surface area (Å²) in [5, 5.41) is 0. The van der Waals surface area contributed by atoms with Crippen LogP contribution in [0.15, 0.2) is 12.2 Å². The van der Waals surface area contributed by atoms with Crippen LogP contribution in [0.25, 0.3) is 0 Å². The normalized spacial score (nSPS) is 12.2. The van der Waals surface area contributed by atoms with Crippen molar-refractivity contribution in [3.8, 4) is 0 Å². The molecule has 0 aromatic carbocycles. The van der Waals surface area contributed by atoms with Gasteiger partial charge in [0.05, 0.1) is 0 Å². The zero-order valence-corrected chi connectivity index (χ0v) is 9.81. The van der Waals surface area contributed by atoms with Crippen molar-refractivity contribution < 1.29 is 9.47 Å². The first-order valence-corrected chi connectivity index (χ1v) is 7.84. The number of rotatable bonds is 5. The lowest BCUT2D eigenvalue weighted by Gasteiger charge is -2.22. The van der Waals surface area contributed by atoms with Crippen molar-refractivity contribution in [1.82, 2.24) is 0 Å². The molecule has 0 saturated heterocycles. The van der Waals surface area contributed by atoms with Crippen LogP contribution < -0.4 is 0 Å². The summed E-state index contributed by atoms with van der Waals surface area (Å²) in [5.41, 5.74) is 1.05. The Bertz CT molecular complexity index is 145. The average molecular weight is 188 g/mol. The third-order valence-electron chi connectivity index (χ3n) is 1.52. The van der Waals surface area contributed by atoms with Crippen LogP contribution in [-0.2, 0) is 9.47 Å². The van der Waals surface area contributed by atoms with Gasteiger partial charge >= 0.3 is 0 Å². The molecule has 0 radical (unpaired) electrons. The molecule has 12 heavy (non-hydrogen) atoms. The van der Waals surface area contributed by atoms with Crippen LogP contribution in [0.2, 0.25) is 25.7 Å². The predicted octanol–water partition coefficient (Wildman–Crippen LogP) is 2.50. The Kier molecular flexibility index (Phi) is 4.75. The lowest BCUT2D eigenvalue weighted by Crippen LogP contribution is -2.25. The average Bonchev–Trinajstić information content (AvgIpc) is 1.85. The molecule has 2 nitrogen and oxygen atoms in total. The van der Waals surface area contributed by atoms with Gasteiger partial charge in [-0.3, -0.25) is 0 Å². The molecule has 0 spiro atoms. The lowest BCUT2D eigenvalue weighted by molar-refractivity contribution is -0.0744. The number of hydrogen-bond acceptors (Lipinski definition) is 2. The van der Waals surface area contributed by atoms with Crippen molar-refractivity contribution in [2.45, 2.75) is 32.0 Å². The van der Waals surface area contributed by atoms with E-state index in [1.165, 1.54) is 0 Å². The molecule has 3 heteroatoms. The molecule has 0 aromatic rings. The van der Waals surface area contributed by atoms with Crippen LogP contribution in [0.3, 0.4) is 0 Å². The van der Waals surface area contributed by atoms with Crippen molar-refractivity contribution in [2.75, 3.05) is 14.2 Å². The predicted molar refractivity (Wildman–Crippen MR) is 55.1 cm³/mol. The quantitative estimate of drug-likeness (QED) is 0.375. The molecule has 0 heterocycles. The Labute approximate surface area is 76.6 Å². The van der Waals surface area contributed by atoms with E-state index in [2.05, 4.69) is 26.2 Å². The van der Waals surface area contributed by atoms with Crippen molar-refractivity contribution in [2.24, 2.45) is 0 Å². The van der Waals surface area contributed by atoms with E-state index in [9.17, 15) is 0 Å². The standard InChI is InChI=1S/C9H20O2Si/c1-8(7-12(4,5)6)9(10-2)11-3/h9H,1,7H2,2-6H3. The van der Waals surface area contributed by atoms with Crippen LogP contribution in [0, 0.1) is 0 Å². The maximum Gasteiger partial charge on any atom is 0.178 e. The summed E-state index contributed by atoms with van der Waals surface area (Å²) in [4.78, 5) is 0. The maximum atomic E-state index is 5.11. The first-order valence-electron chi connectivity index (χ1n) is 4.14. The molecule has 0 aliphatic heterocycles. The molecule has 0 bridgehead atoms. The fraction of sp³-hybridized carbons (Fsp3) is 0.778. The number of ether oxygens (including phenoxy) is 2. The van der Waals surface area contributed by atoms with Gasteiger partial charge in [-0.1, -0.05) is 26.2 Å². The zero-order chi connectivity index (χ0) is 9.78. The second-order valence-corrected chi connectivity index (χ2v) is 9.67. The third-order valence-corrected chi connectivity index (χ3v) is 3.03. The van der Waals surface area contributed by atoms with Crippen LogP contribution in [0.4, 0.5) is 0 Å². The second-order valence-electron chi connectivity index (χ2n) is 4.20. The molecule has 0 fully saturated rings. The maximum absolute atomic E-state index is 5.11. The smallest absolute Gasteiger partial charge is 0.178 e. The number of hydrogen-bond donors (Lipinski definition) is 0. The molecule has 0 aliphatic carbocycles. The van der Waals surface area contributed by atoms with Gasteiger partial charge in [0.2, 0.25) is 0 Å². The fourth-order valence-corrected chi connectivity index (χ4v) is 2.72. The summed E-state index contributed by atoms with van der Waals surface area (Å²) in [7, 11) is 2.21. The van der Waals surface area contributed by atoms with Crippen molar-refractivity contribution in [1.29, 1.82) is 0 Å². The van der Waals surface area contributed by atoms with E-state index in [-0.39, 0.29) is 6.29 Å². The Morgan fingerprint density at radius 3 is 1.92 bits per heavy atom. The molecule has 0 amide bonds. The van der Waals surface area contributed by atoms with Gasteiger partial charge in [-0.15, -0.1) is 0 Å². The van der Waals surface area contributed by atoms with Crippen LogP contribution in [-0.4, -0.2) is 28.6 Å². The Hall–Kier alpha value is -0.123. The lowest BCUT2D eigenvalue weighted by atomic mass is 10.3. The largest absolute Gasteiger partial charge is 0.352 e. The highest BCUT2D eigenvalue weighted by Crippen LogP contribution is 2.19. The van der Waals surface area contributed by atoms with Gasteiger partial charge < -0.3 is 9.47 Å². The van der Waals surface area contributed by atoms with Crippen molar-refractivity contribution in [3.63, 3.8) is 0 Å². The van der Waals surface area contributed by atoms with Crippen LogP contribution >= 0.6 is 0 Å². The molecule has 0 saturated carbocycles. The van der Waals surface area contributed by atoms with Crippen molar-refractivity contribution >= 4 is 8.07 Å². The Morgan fingerprint density at radius 2 is 1.67 bits per heavy atom. The molecule has 0 rings (SSSR count). The summed E-state index contributed by atoms with van der Waals surface area (Å²) in [6.45, 7) is 10.9. The fourth-order valence-electron chi connectivity index (χ4n) is 1.19. The van der Waals surface area contributed by atoms with Gasteiger partial charge in [0, 0.05) is 22.3 Å². The van der Waals surface area contributed by atoms with Gasteiger partial charge in [0.15, 0.2) is 6.29 Å². The van der Waals surface area contributed by atoms with Gasteiger partial charge in [-0.05, 0) is 11.6 Å². The minimum absolute atomic E-state index is 0.225. The van der Waals surface area contributed by atoms with E-state index < -0.39 is 8.07 Å². The summed E-state index contributed by atoms with van der Waals surface area (Å²) < 4.78 is 10.2. The summed E-state index contributed by atoms with van der Waals surface area (Å²) in [5.74, 6) is 0. The van der Waals surface area contributed by atoms with E-state index in [0.717, 1.165) is 11.6 Å². The van der Waals surface area contributed by atoms with E-state index in [0.29, 0.717) is 0 Å². The van der Waals surface area contributed by atoms with Crippen molar-refractivity contribution in [3.05, 3.63) is 12.2 Å². The van der Waals surface area contributed by atoms with E-state index in [4.69, 9.17) is 9.47 Å². The number of methoxy groups -OCH3 is 2. The highest BCUT2D eigenvalue weighted by molar-refractivity contribution is 6.76. The Balaban J connectivity index is 4.02. The van der Waals surface area contributed by atoms with Gasteiger partial charge in [0.25, 0.3) is 0 Å². The Morgan fingerprint density at radius 1 is 1.25 bits per heavy atom. The molecule has 0 atom stereocenters. The van der Waals surface area contributed by atoms with E-state index >= 15 is 0 Å². The topological polar surface area (TPSA) is 18.5 Å². The van der Waals surface area contributed by atoms with Gasteiger partial charge in [-0.2, -0.15) is 0 Å². The molecule has 0 aliphatic rings. The molecule has 0 aromatic heterocycles. The molecule has 0 N–H and O–H groups in total. The van der Waals surface area contributed by atoms with Gasteiger partial charge in [0.1, 0.15) is 0 Å². The molecule has 0 unspecified atom stereocenters. The summed E-state index contributed by atoms with van der Waals surface area (Å²) >= 11 is 0. The molecule has 72 valence electrons. The van der Waals surface area contributed by atoms with Gasteiger partial charge in [-0.25, -0.2) is 0 Å². The minimum Gasteiger partial charge on any atom is -0.352 e. The SMILES string of the molecule is C=C(C[Si](C)(C)C)C(OC)OC. The van der Waals surface area contributed by atoms with E-state index in [1.54, 1.807) is 14.2 Å². The summed E-state index contributed by atoms with van der Waals surface area (Å²) in [6.07, 6.45) is -0.225.